The highest BCUT2D eigenvalue weighted by molar-refractivity contribution is 9.10. The molecular formula is C18H18BrN3O4S. The number of hydrogen-bond acceptors (Lipinski definition) is 6. The van der Waals surface area contributed by atoms with E-state index < -0.39 is 4.92 Å². The summed E-state index contributed by atoms with van der Waals surface area (Å²) in [6.45, 7) is 1.80. The lowest BCUT2D eigenvalue weighted by molar-refractivity contribution is -0.384. The Morgan fingerprint density at radius 1 is 1.30 bits per heavy atom. The van der Waals surface area contributed by atoms with Crippen molar-refractivity contribution in [2.75, 3.05) is 12.9 Å². The first kappa shape index (κ1) is 20.9. The van der Waals surface area contributed by atoms with Crippen molar-refractivity contribution in [2.45, 2.75) is 12.7 Å². The Morgan fingerprint density at radius 2 is 2.00 bits per heavy atom. The minimum atomic E-state index is -0.438. The van der Waals surface area contributed by atoms with Gasteiger partial charge in [-0.15, -0.1) is 11.8 Å². The Balaban J connectivity index is 1.82. The van der Waals surface area contributed by atoms with E-state index in [9.17, 15) is 14.9 Å². The Labute approximate surface area is 169 Å². The molecule has 0 aliphatic rings. The standard InChI is InChI=1S/C18H18BrN3O4S/c1-12(14-5-8-17(26-2)16(19)9-14)20-21-18(23)11-27-10-13-3-6-15(7-4-13)22(24)25/h3-9H,10-11H2,1-2H3,(H,21,23)/b20-12-. The molecule has 1 N–H and O–H groups in total. The first-order valence-corrected chi connectivity index (χ1v) is 9.83. The molecule has 0 heterocycles. The number of non-ortho nitro benzene ring substituents is 1. The van der Waals surface area contributed by atoms with Crippen molar-refractivity contribution < 1.29 is 14.5 Å². The number of carbonyl (C=O) groups excluding carboxylic acids is 1. The molecule has 0 aliphatic heterocycles. The van der Waals surface area contributed by atoms with Gasteiger partial charge in [0.1, 0.15) is 5.75 Å². The van der Waals surface area contributed by atoms with E-state index in [2.05, 4.69) is 26.5 Å². The summed E-state index contributed by atoms with van der Waals surface area (Å²) >= 11 is 4.82. The number of nitro groups is 1. The van der Waals surface area contributed by atoms with E-state index in [1.54, 1.807) is 26.2 Å². The zero-order chi connectivity index (χ0) is 19.8. The average Bonchev–Trinajstić information content (AvgIpc) is 2.66. The van der Waals surface area contributed by atoms with E-state index in [1.165, 1.54) is 23.9 Å². The highest BCUT2D eigenvalue weighted by atomic mass is 79.9. The van der Waals surface area contributed by atoms with Crippen LogP contribution in [-0.2, 0) is 10.5 Å². The molecule has 9 heteroatoms. The average molecular weight is 452 g/mol. The summed E-state index contributed by atoms with van der Waals surface area (Å²) in [6.07, 6.45) is 0. The number of halogens is 1. The lowest BCUT2D eigenvalue weighted by Crippen LogP contribution is -2.21. The van der Waals surface area contributed by atoms with Crippen LogP contribution >= 0.6 is 27.7 Å². The highest BCUT2D eigenvalue weighted by Gasteiger charge is 2.07. The second kappa shape index (κ2) is 10.1. The molecule has 1 amide bonds. The molecular weight excluding hydrogens is 434 g/mol. The fraction of sp³-hybridized carbons (Fsp3) is 0.222. The maximum Gasteiger partial charge on any atom is 0.269 e. The van der Waals surface area contributed by atoms with Crippen LogP contribution in [0.1, 0.15) is 18.1 Å². The maximum absolute atomic E-state index is 11.9. The Morgan fingerprint density at radius 3 is 2.59 bits per heavy atom. The minimum absolute atomic E-state index is 0.0523. The van der Waals surface area contributed by atoms with Crippen LogP contribution in [0.3, 0.4) is 0 Å². The smallest absolute Gasteiger partial charge is 0.269 e. The van der Waals surface area contributed by atoms with Gasteiger partial charge < -0.3 is 4.74 Å². The van der Waals surface area contributed by atoms with Gasteiger partial charge in [-0.3, -0.25) is 14.9 Å². The van der Waals surface area contributed by atoms with Crippen LogP contribution < -0.4 is 10.2 Å². The van der Waals surface area contributed by atoms with E-state index in [-0.39, 0.29) is 17.3 Å². The Bertz CT molecular complexity index is 856. The molecule has 2 aromatic rings. The van der Waals surface area contributed by atoms with Crippen LogP contribution in [0, 0.1) is 10.1 Å². The molecule has 142 valence electrons. The third-order valence-corrected chi connectivity index (χ3v) is 5.19. The van der Waals surface area contributed by atoms with E-state index in [0.29, 0.717) is 11.5 Å². The van der Waals surface area contributed by atoms with Crippen molar-refractivity contribution >= 4 is 45.0 Å². The largest absolute Gasteiger partial charge is 0.496 e. The summed E-state index contributed by atoms with van der Waals surface area (Å²) in [5.74, 6) is 1.33. The number of hydrazone groups is 1. The summed E-state index contributed by atoms with van der Waals surface area (Å²) in [6, 6.07) is 11.8. The minimum Gasteiger partial charge on any atom is -0.496 e. The highest BCUT2D eigenvalue weighted by Crippen LogP contribution is 2.25. The summed E-state index contributed by atoms with van der Waals surface area (Å²) < 4.78 is 5.99. The topological polar surface area (TPSA) is 93.8 Å². The van der Waals surface area contributed by atoms with Gasteiger partial charge in [0.05, 0.1) is 28.0 Å². The Hall–Kier alpha value is -2.39. The zero-order valence-electron chi connectivity index (χ0n) is 14.8. The van der Waals surface area contributed by atoms with Gasteiger partial charge in [0.15, 0.2) is 0 Å². The molecule has 0 fully saturated rings. The predicted octanol–water partition coefficient (Wildman–Crippen LogP) is 4.14. The molecule has 27 heavy (non-hydrogen) atoms. The third-order valence-electron chi connectivity index (χ3n) is 3.57. The lowest BCUT2D eigenvalue weighted by atomic mass is 10.1. The summed E-state index contributed by atoms with van der Waals surface area (Å²) in [7, 11) is 1.59. The number of ether oxygens (including phenoxy) is 1. The van der Waals surface area contributed by atoms with Crippen LogP contribution in [0.4, 0.5) is 5.69 Å². The Kier molecular flexibility index (Phi) is 7.81. The summed E-state index contributed by atoms with van der Waals surface area (Å²) in [4.78, 5) is 22.1. The van der Waals surface area contributed by atoms with Crippen LogP contribution in [0.2, 0.25) is 0 Å². The number of rotatable bonds is 8. The number of nitrogens with one attached hydrogen (secondary N) is 1. The van der Waals surface area contributed by atoms with Gasteiger partial charge in [0, 0.05) is 17.9 Å². The lowest BCUT2D eigenvalue weighted by Gasteiger charge is -2.07. The fourth-order valence-corrected chi connectivity index (χ4v) is 3.43. The normalized spacial score (nSPS) is 11.1. The van der Waals surface area contributed by atoms with Crippen LogP contribution in [-0.4, -0.2) is 29.4 Å². The molecule has 0 radical (unpaired) electrons. The van der Waals surface area contributed by atoms with Gasteiger partial charge in [0.25, 0.3) is 5.69 Å². The molecule has 0 saturated heterocycles. The number of thioether (sulfide) groups is 1. The second-order valence-electron chi connectivity index (χ2n) is 5.50. The molecule has 0 unspecified atom stereocenters. The molecule has 0 bridgehead atoms. The molecule has 0 atom stereocenters. The first-order valence-electron chi connectivity index (χ1n) is 7.89. The van der Waals surface area contributed by atoms with Crippen molar-refractivity contribution in [1.29, 1.82) is 0 Å². The number of nitrogens with zero attached hydrogens (tertiary/aromatic N) is 2. The second-order valence-corrected chi connectivity index (χ2v) is 7.34. The molecule has 0 aliphatic carbocycles. The van der Waals surface area contributed by atoms with Crippen LogP contribution in [0.15, 0.2) is 52.0 Å². The van der Waals surface area contributed by atoms with Gasteiger partial charge in [-0.05, 0) is 52.2 Å². The number of nitro benzene ring substituents is 1. The monoisotopic (exact) mass is 451 g/mol. The van der Waals surface area contributed by atoms with Gasteiger partial charge in [-0.25, -0.2) is 5.43 Å². The third kappa shape index (κ3) is 6.37. The predicted molar refractivity (Wildman–Crippen MR) is 110 cm³/mol. The number of methoxy groups -OCH3 is 1. The summed E-state index contributed by atoms with van der Waals surface area (Å²) in [5, 5.41) is 14.7. The van der Waals surface area contributed by atoms with Crippen LogP contribution in [0.25, 0.3) is 0 Å². The SMILES string of the molecule is COc1ccc(/C(C)=N\NC(=O)CSCc2ccc([N+](=O)[O-])cc2)cc1Br. The first-order chi connectivity index (χ1) is 12.9. The van der Waals surface area contributed by atoms with E-state index in [4.69, 9.17) is 4.74 Å². The molecule has 0 saturated carbocycles. The van der Waals surface area contributed by atoms with E-state index in [1.807, 2.05) is 18.2 Å². The number of hydrogen-bond donors (Lipinski definition) is 1. The van der Waals surface area contributed by atoms with E-state index >= 15 is 0 Å². The van der Waals surface area contributed by atoms with Gasteiger partial charge in [-0.1, -0.05) is 12.1 Å². The molecule has 2 rings (SSSR count). The van der Waals surface area contributed by atoms with Gasteiger partial charge >= 0.3 is 0 Å². The van der Waals surface area contributed by atoms with E-state index in [0.717, 1.165) is 21.3 Å². The van der Waals surface area contributed by atoms with Gasteiger partial charge in [-0.2, -0.15) is 5.10 Å². The number of benzene rings is 2. The molecule has 0 spiro atoms. The van der Waals surface area contributed by atoms with Crippen molar-refractivity contribution in [1.82, 2.24) is 5.43 Å². The molecule has 2 aromatic carbocycles. The number of carbonyl (C=O) groups is 1. The zero-order valence-corrected chi connectivity index (χ0v) is 17.2. The van der Waals surface area contributed by atoms with Crippen LogP contribution in [0.5, 0.6) is 5.75 Å². The summed E-state index contributed by atoms with van der Waals surface area (Å²) in [5.41, 5.74) is 5.04. The van der Waals surface area contributed by atoms with Crippen molar-refractivity contribution in [3.05, 3.63) is 68.2 Å². The van der Waals surface area contributed by atoms with Crippen molar-refractivity contribution in [3.63, 3.8) is 0 Å². The van der Waals surface area contributed by atoms with Crippen molar-refractivity contribution in [3.8, 4) is 5.75 Å². The maximum atomic E-state index is 11.9. The number of amides is 1. The quantitative estimate of drug-likeness (QED) is 0.369. The molecule has 7 nitrogen and oxygen atoms in total. The van der Waals surface area contributed by atoms with Crippen molar-refractivity contribution in [2.24, 2.45) is 5.10 Å². The molecule has 0 aromatic heterocycles. The fourth-order valence-electron chi connectivity index (χ4n) is 2.11. The van der Waals surface area contributed by atoms with Gasteiger partial charge in [0.2, 0.25) is 5.91 Å².